The number of nitrogens with zero attached hydrogens (tertiary/aromatic N) is 1. The van der Waals surface area contributed by atoms with Gasteiger partial charge in [0.15, 0.2) is 0 Å². The molecule has 3 aromatic rings. The fourth-order valence-electron chi connectivity index (χ4n) is 2.43. The molecule has 1 heterocycles. The van der Waals surface area contributed by atoms with Crippen LogP contribution in [-0.2, 0) is 0 Å². The van der Waals surface area contributed by atoms with Crippen molar-refractivity contribution in [2.45, 2.75) is 26.3 Å². The molecule has 3 rings (SSSR count). The normalized spacial score (nSPS) is 12.1. The van der Waals surface area contributed by atoms with Crippen LogP contribution in [-0.4, -0.2) is 11.0 Å². The van der Waals surface area contributed by atoms with Gasteiger partial charge in [-0.25, -0.2) is 0 Å². The van der Waals surface area contributed by atoms with Crippen LogP contribution in [0.5, 0.6) is 0 Å². The molecular weight excluding hydrogens is 255 g/mol. The minimum absolute atomic E-state index is 0. The van der Waals surface area contributed by atoms with Gasteiger partial charge in [0.1, 0.15) is 0 Å². The first-order chi connectivity index (χ1) is 9.29. The Labute approximate surface area is 143 Å². The molecule has 0 radical (unpaired) electrons. The quantitative estimate of drug-likeness (QED) is 0.581. The Hall–Kier alpha value is -1.09. The predicted octanol–water partition coefficient (Wildman–Crippen LogP) is 1.71. The predicted molar refractivity (Wildman–Crippen MR) is 83.7 cm³/mol. The van der Waals surface area contributed by atoms with E-state index in [1.165, 1.54) is 27.2 Å². The number of aromatic nitrogens is 1. The van der Waals surface area contributed by atoms with E-state index in [2.05, 4.69) is 60.5 Å². The fourth-order valence-corrected chi connectivity index (χ4v) is 2.43. The minimum Gasteiger partial charge on any atom is -1.00 e. The number of hydrogen-bond donors (Lipinski definition) is 1. The van der Waals surface area contributed by atoms with Crippen molar-refractivity contribution < 1.29 is 31.0 Å². The Kier molecular flexibility index (Phi) is 5.03. The number of pyridine rings is 1. The maximum absolute atomic E-state index is 4.28. The molecule has 20 heavy (non-hydrogen) atoms. The van der Waals surface area contributed by atoms with Crippen molar-refractivity contribution in [2.75, 3.05) is 5.32 Å². The molecule has 0 spiro atoms. The van der Waals surface area contributed by atoms with Crippen molar-refractivity contribution in [1.82, 2.24) is 4.98 Å². The molecule has 0 saturated heterocycles. The SMILES string of the molecule is CCC(C)Nc1cc2ccccc2c2cnccc12.[H-].[Na+]. The van der Waals surface area contributed by atoms with E-state index in [0.717, 1.165) is 6.42 Å². The molecule has 2 nitrogen and oxygen atoms in total. The van der Waals surface area contributed by atoms with Gasteiger partial charge in [0.2, 0.25) is 0 Å². The summed E-state index contributed by atoms with van der Waals surface area (Å²) in [6.45, 7) is 4.41. The molecule has 0 fully saturated rings. The smallest absolute Gasteiger partial charge is 1.00 e. The molecule has 1 aromatic heterocycles. The molecule has 0 aliphatic carbocycles. The van der Waals surface area contributed by atoms with Crippen LogP contribution < -0.4 is 34.9 Å². The van der Waals surface area contributed by atoms with Crippen molar-refractivity contribution in [3.8, 4) is 0 Å². The van der Waals surface area contributed by atoms with Crippen LogP contribution >= 0.6 is 0 Å². The standard InChI is InChI=1S/C17H18N2.Na.H/c1-3-12(2)19-17-10-13-6-4-5-7-14(13)16-11-18-9-8-15(16)17;;/h4-12,19H,3H2,1-2H3;;/q;+1;-1. The zero-order valence-electron chi connectivity index (χ0n) is 13.4. The summed E-state index contributed by atoms with van der Waals surface area (Å²) in [5.74, 6) is 0. The first kappa shape index (κ1) is 15.3. The second-order valence-electron chi connectivity index (χ2n) is 5.02. The maximum atomic E-state index is 4.28. The van der Waals surface area contributed by atoms with Crippen molar-refractivity contribution >= 4 is 27.2 Å². The third kappa shape index (κ3) is 2.83. The molecule has 98 valence electrons. The van der Waals surface area contributed by atoms with Gasteiger partial charge in [-0.05, 0) is 36.2 Å². The van der Waals surface area contributed by atoms with E-state index in [9.17, 15) is 0 Å². The number of benzene rings is 2. The molecule has 2 aromatic carbocycles. The summed E-state index contributed by atoms with van der Waals surface area (Å²) in [6.07, 6.45) is 4.93. The molecule has 1 unspecified atom stereocenters. The molecule has 0 saturated carbocycles. The number of nitrogens with one attached hydrogen (secondary N) is 1. The van der Waals surface area contributed by atoms with Gasteiger partial charge in [-0.3, -0.25) is 4.98 Å². The second-order valence-corrected chi connectivity index (χ2v) is 5.02. The van der Waals surface area contributed by atoms with E-state index in [1.54, 1.807) is 0 Å². The summed E-state index contributed by atoms with van der Waals surface area (Å²) in [6, 6.07) is 13.3. The molecule has 3 heteroatoms. The summed E-state index contributed by atoms with van der Waals surface area (Å²) in [7, 11) is 0. The Morgan fingerprint density at radius 3 is 2.75 bits per heavy atom. The number of rotatable bonds is 3. The zero-order chi connectivity index (χ0) is 13.2. The Morgan fingerprint density at radius 2 is 1.95 bits per heavy atom. The maximum Gasteiger partial charge on any atom is 1.00 e. The average molecular weight is 274 g/mol. The summed E-state index contributed by atoms with van der Waals surface area (Å²) in [4.78, 5) is 4.28. The van der Waals surface area contributed by atoms with Crippen LogP contribution in [0.25, 0.3) is 21.5 Å². The molecule has 0 aliphatic rings. The summed E-state index contributed by atoms with van der Waals surface area (Å²) >= 11 is 0. The Balaban J connectivity index is 0.00000110. The molecule has 0 aliphatic heterocycles. The van der Waals surface area contributed by atoms with E-state index in [4.69, 9.17) is 0 Å². The topological polar surface area (TPSA) is 24.9 Å². The largest absolute Gasteiger partial charge is 1.00 e. The van der Waals surface area contributed by atoms with E-state index >= 15 is 0 Å². The van der Waals surface area contributed by atoms with Crippen molar-refractivity contribution in [3.63, 3.8) is 0 Å². The molecule has 1 atom stereocenters. The monoisotopic (exact) mass is 274 g/mol. The van der Waals surface area contributed by atoms with Crippen LogP contribution in [0, 0.1) is 0 Å². The molecule has 0 bridgehead atoms. The Morgan fingerprint density at radius 1 is 1.15 bits per heavy atom. The van der Waals surface area contributed by atoms with Gasteiger partial charge in [0.25, 0.3) is 0 Å². The third-order valence-corrected chi connectivity index (χ3v) is 3.68. The van der Waals surface area contributed by atoms with Gasteiger partial charge in [-0.1, -0.05) is 31.2 Å². The average Bonchev–Trinajstić information content (AvgIpc) is 2.47. The second kappa shape index (κ2) is 6.57. The van der Waals surface area contributed by atoms with Crippen molar-refractivity contribution in [1.29, 1.82) is 0 Å². The molecular formula is C17H19N2Na. The van der Waals surface area contributed by atoms with Crippen LogP contribution in [0.1, 0.15) is 21.7 Å². The Bertz CT molecular complexity index is 730. The van der Waals surface area contributed by atoms with Crippen molar-refractivity contribution in [3.05, 3.63) is 48.8 Å². The van der Waals surface area contributed by atoms with E-state index in [0.29, 0.717) is 6.04 Å². The third-order valence-electron chi connectivity index (χ3n) is 3.68. The van der Waals surface area contributed by atoms with Gasteiger partial charge in [0, 0.05) is 34.9 Å². The summed E-state index contributed by atoms with van der Waals surface area (Å²) < 4.78 is 0. The fraction of sp³-hybridized carbons (Fsp3) is 0.235. The first-order valence-electron chi connectivity index (χ1n) is 6.81. The minimum atomic E-state index is 0. The van der Waals surface area contributed by atoms with Gasteiger partial charge >= 0.3 is 29.6 Å². The van der Waals surface area contributed by atoms with Crippen molar-refractivity contribution in [2.24, 2.45) is 0 Å². The summed E-state index contributed by atoms with van der Waals surface area (Å²) in [5.41, 5.74) is 1.20. The zero-order valence-corrected chi connectivity index (χ0v) is 14.4. The van der Waals surface area contributed by atoms with E-state index in [-0.39, 0.29) is 31.0 Å². The van der Waals surface area contributed by atoms with Crippen LogP contribution in [0.3, 0.4) is 0 Å². The number of anilines is 1. The van der Waals surface area contributed by atoms with Crippen LogP contribution in [0.15, 0.2) is 48.8 Å². The number of fused-ring (bicyclic) bond motifs is 3. The van der Waals surface area contributed by atoms with Crippen LogP contribution in [0.2, 0.25) is 0 Å². The molecule has 1 N–H and O–H groups in total. The summed E-state index contributed by atoms with van der Waals surface area (Å²) in [5, 5.41) is 8.58. The van der Waals surface area contributed by atoms with E-state index in [1.807, 2.05) is 12.4 Å². The molecule has 0 amide bonds. The van der Waals surface area contributed by atoms with Gasteiger partial charge in [-0.2, -0.15) is 0 Å². The van der Waals surface area contributed by atoms with Crippen LogP contribution in [0.4, 0.5) is 5.69 Å². The first-order valence-corrected chi connectivity index (χ1v) is 6.81. The van der Waals surface area contributed by atoms with Gasteiger partial charge < -0.3 is 6.74 Å². The number of hydrogen-bond acceptors (Lipinski definition) is 2. The van der Waals surface area contributed by atoms with E-state index < -0.39 is 0 Å². The van der Waals surface area contributed by atoms with Gasteiger partial charge in [-0.15, -0.1) is 0 Å². The van der Waals surface area contributed by atoms with Gasteiger partial charge in [0.05, 0.1) is 0 Å².